The van der Waals surface area contributed by atoms with Crippen LogP contribution in [-0.2, 0) is 19.1 Å². The highest BCUT2D eigenvalue weighted by Gasteiger charge is 2.53. The number of hydrogen-bond acceptors (Lipinski definition) is 40. The average Bonchev–Trinajstić information content (AvgIpc) is 1.62. The molecule has 8 heterocycles. The Kier molecular flexibility index (Phi) is 34.7. The van der Waals surface area contributed by atoms with Gasteiger partial charge < -0.3 is 109 Å². The summed E-state index contributed by atoms with van der Waals surface area (Å²) in [6, 6.07) is 0. The first-order valence-corrected chi connectivity index (χ1v) is 38.1. The van der Waals surface area contributed by atoms with Gasteiger partial charge in [0.1, 0.15) is 51.3 Å². The molecule has 4 aliphatic heterocycles. The molecule has 608 valence electrons. The highest BCUT2D eigenvalue weighted by atomic mass is 32.1. The topological polar surface area (TPSA) is 464 Å². The number of aromatic nitrogens is 8. The standard InChI is InChI=1S/C18H33N5O6S.C18H34N4O4S.C14H25N5O6S.C14H26N4O4S/c1-16(2,3)19-9-13(29-23(25)26)11-28-15-14(20-30-21-15)27-10-12-8-17(4,5)22(24)18(12,6)7;1-16(2,3)19-9-13(23)11-26-15-14(20-27-21-15)25-10-12-8-17(4,5)22(24)18(12,6)7;1-14(2,3)15-6-10(20)8-24-13-12(16-26-17-13)18-4-5-23-11(7-18)9-25-19(21)22;1-14(2,3)15-6-10(20)9-22-13-12(16-23-17-13)18-4-5-21-11(7-18)8-19/h12-13,19,24H,8-11H2,1-7H3;12-13,19,23-24H,8-11H2,1-7H3;10-11,15,20H,4-9H2,1-3H3;10-11,15,19-20H,4-9H2,1-3H3/t2*12?,13-;2*10-,11?/m0000/s1. The van der Waals surface area contributed by atoms with E-state index in [0.717, 1.165) is 59.8 Å². The predicted molar refractivity (Wildman–Crippen MR) is 397 cm³/mol. The van der Waals surface area contributed by atoms with E-state index in [1.165, 1.54) is 10.1 Å². The van der Waals surface area contributed by atoms with Crippen molar-refractivity contribution in [3.63, 3.8) is 0 Å². The monoisotopic (exact) mass is 1590 g/mol. The number of hydroxylamine groups is 4. The van der Waals surface area contributed by atoms with Crippen LogP contribution in [0.1, 0.15) is 151 Å². The van der Waals surface area contributed by atoms with Crippen molar-refractivity contribution in [1.82, 2.24) is 66.4 Å². The lowest BCUT2D eigenvalue weighted by atomic mass is 9.88. The summed E-state index contributed by atoms with van der Waals surface area (Å²) < 4.78 is 78.3. The molecule has 0 radical (unpaired) electrons. The molecule has 0 aliphatic carbocycles. The Labute approximate surface area is 638 Å². The smallest absolute Gasteiger partial charge is 0.294 e. The lowest BCUT2D eigenvalue weighted by molar-refractivity contribution is -0.768. The zero-order valence-electron chi connectivity index (χ0n) is 65.1. The van der Waals surface area contributed by atoms with Crippen molar-refractivity contribution < 1.29 is 88.6 Å². The zero-order chi connectivity index (χ0) is 79.2. The zero-order valence-corrected chi connectivity index (χ0v) is 68.3. The van der Waals surface area contributed by atoms with Gasteiger partial charge >= 0.3 is 0 Å². The molecule has 4 fully saturated rings. The van der Waals surface area contributed by atoms with Crippen LogP contribution in [0, 0.1) is 32.1 Å². The maximum atomic E-state index is 10.8. The van der Waals surface area contributed by atoms with Crippen molar-refractivity contribution >= 4 is 58.5 Å². The van der Waals surface area contributed by atoms with Crippen LogP contribution >= 0.6 is 46.9 Å². The number of hydrogen-bond donors (Lipinski definition) is 10. The first-order chi connectivity index (χ1) is 49.2. The van der Waals surface area contributed by atoms with Gasteiger partial charge in [-0.1, -0.05) is 0 Å². The van der Waals surface area contributed by atoms with Crippen LogP contribution in [0.25, 0.3) is 0 Å². The van der Waals surface area contributed by atoms with Gasteiger partial charge in [-0.3, -0.25) is 0 Å². The number of anilines is 2. The lowest BCUT2D eigenvalue weighted by Crippen LogP contribution is -2.48. The SMILES string of the molecule is CC(C)(C)NC[C@@H](COc1nsnc1OCC1CC(C)(C)N(O)C1(C)C)O[N+](=O)[O-].CC(C)(C)NC[C@H](O)COc1nsnc1N1CCOC(CO)C1.CC(C)(C)NC[C@H](O)COc1nsnc1N1CCOC(CO[N+](=O)[O-])C1.CC(C)(C)NC[C@H](O)COc1nsnc1OCC1CC(C)(C)N(O)C1(C)C. The van der Waals surface area contributed by atoms with E-state index >= 15 is 0 Å². The molecule has 4 aromatic heterocycles. The minimum atomic E-state index is -0.839. The van der Waals surface area contributed by atoms with Crippen LogP contribution in [0.4, 0.5) is 11.6 Å². The summed E-state index contributed by atoms with van der Waals surface area (Å²) in [5.41, 5.74) is -1.97. The molecule has 0 amide bonds. The Hall–Kier alpha value is -5.52. The number of nitrogens with one attached hydrogen (secondary N) is 4. The van der Waals surface area contributed by atoms with Gasteiger partial charge in [-0.05, 0) is 151 Å². The van der Waals surface area contributed by atoms with Gasteiger partial charge in [-0.25, -0.2) is 0 Å². The molecule has 8 atom stereocenters. The van der Waals surface area contributed by atoms with Crippen molar-refractivity contribution in [2.24, 2.45) is 11.8 Å². The number of morpholine rings is 2. The Morgan fingerprint density at radius 3 is 1.17 bits per heavy atom. The third-order valence-electron chi connectivity index (χ3n) is 17.1. The number of aliphatic hydroxyl groups is 4. The summed E-state index contributed by atoms with van der Waals surface area (Å²) in [4.78, 5) is 34.0. The highest BCUT2D eigenvalue weighted by Crippen LogP contribution is 2.45. The fraction of sp³-hybridized carbons (Fsp3) is 0.875. The van der Waals surface area contributed by atoms with Gasteiger partial charge in [0, 0.05) is 109 Å². The van der Waals surface area contributed by atoms with Crippen LogP contribution < -0.4 is 59.5 Å². The molecule has 4 aromatic rings. The predicted octanol–water partition coefficient (Wildman–Crippen LogP) is 4.78. The van der Waals surface area contributed by atoms with Crippen molar-refractivity contribution in [2.45, 2.75) is 232 Å². The van der Waals surface area contributed by atoms with Crippen molar-refractivity contribution in [3.05, 3.63) is 20.2 Å². The van der Waals surface area contributed by atoms with Crippen LogP contribution in [-0.4, -0.2) is 285 Å². The largest absolute Gasteiger partial charge is 0.473 e. The van der Waals surface area contributed by atoms with Crippen LogP contribution in [0.15, 0.2) is 0 Å². The fourth-order valence-electron chi connectivity index (χ4n) is 11.3. The molecule has 38 nitrogen and oxygen atoms in total. The molecule has 0 saturated carbocycles. The molecule has 0 spiro atoms. The second-order valence-electron chi connectivity index (χ2n) is 32.8. The number of ether oxygens (including phenoxy) is 8. The summed E-state index contributed by atoms with van der Waals surface area (Å²) in [5.74, 6) is 3.17. The fourth-order valence-corrected chi connectivity index (χ4v) is 13.2. The molecular formula is C64H118N18O20S4. The summed E-state index contributed by atoms with van der Waals surface area (Å²) in [5, 5.41) is 95.2. The van der Waals surface area contributed by atoms with Gasteiger partial charge in [-0.2, -0.15) is 18.9 Å². The van der Waals surface area contributed by atoms with E-state index in [4.69, 9.17) is 42.7 Å². The Bertz CT molecular complexity index is 3220. The third kappa shape index (κ3) is 31.1. The van der Waals surface area contributed by atoms with E-state index in [1.54, 1.807) is 0 Å². The molecule has 8 rings (SSSR count). The van der Waals surface area contributed by atoms with E-state index in [2.05, 4.69) is 61.1 Å². The summed E-state index contributed by atoms with van der Waals surface area (Å²) >= 11 is 4.02. The Morgan fingerprint density at radius 1 is 0.491 bits per heavy atom. The van der Waals surface area contributed by atoms with Gasteiger partial charge in [0.25, 0.3) is 45.5 Å². The number of β-amino-alcohol motifs (C(OH)–C–C–N with tert-alkyl or cyclic N) is 3. The molecule has 0 aromatic carbocycles. The number of rotatable bonds is 34. The van der Waals surface area contributed by atoms with Crippen molar-refractivity contribution in [1.29, 1.82) is 0 Å². The first-order valence-electron chi connectivity index (χ1n) is 35.2. The van der Waals surface area contributed by atoms with Crippen LogP contribution in [0.5, 0.6) is 35.3 Å². The van der Waals surface area contributed by atoms with Crippen molar-refractivity contribution in [2.75, 3.05) is 128 Å². The molecule has 0 bridgehead atoms. The Morgan fingerprint density at radius 2 is 0.821 bits per heavy atom. The normalized spacial score (nSPS) is 21.3. The van der Waals surface area contributed by atoms with E-state index < -0.39 is 51.8 Å². The van der Waals surface area contributed by atoms with E-state index in [1.807, 2.05) is 148 Å². The van der Waals surface area contributed by atoms with Gasteiger partial charge in [0.15, 0.2) is 6.10 Å². The second kappa shape index (κ2) is 40.4. The van der Waals surface area contributed by atoms with E-state index in [-0.39, 0.29) is 109 Å². The molecule has 4 saturated heterocycles. The molecule has 42 heteroatoms. The first kappa shape index (κ1) is 91.1. The van der Waals surface area contributed by atoms with E-state index in [9.17, 15) is 51.1 Å². The molecule has 106 heavy (non-hydrogen) atoms. The molecule has 4 aliphatic rings. The van der Waals surface area contributed by atoms with Gasteiger partial charge in [-0.15, -0.1) is 46.5 Å². The summed E-state index contributed by atoms with van der Waals surface area (Å²) in [7, 11) is 0. The third-order valence-corrected chi connectivity index (χ3v) is 19.1. The van der Waals surface area contributed by atoms with Crippen molar-refractivity contribution in [3.8, 4) is 35.3 Å². The maximum Gasteiger partial charge on any atom is 0.294 e. The minimum absolute atomic E-state index is 0.0263. The summed E-state index contributed by atoms with van der Waals surface area (Å²) in [6.07, 6.45) is -1.88. The maximum absolute atomic E-state index is 10.8. The summed E-state index contributed by atoms with van der Waals surface area (Å²) in [6.45, 7) is 45.5. The Balaban J connectivity index is 0.000000255. The quantitative estimate of drug-likeness (QED) is 0.0222. The highest BCUT2D eigenvalue weighted by molar-refractivity contribution is 7.00. The van der Waals surface area contributed by atoms with E-state index in [0.29, 0.717) is 107 Å². The molecular weight excluding hydrogens is 1470 g/mol. The van der Waals surface area contributed by atoms with Gasteiger partial charge in [0.2, 0.25) is 11.6 Å². The number of aliphatic hydroxyl groups excluding tert-OH is 4. The average molecular weight is 1590 g/mol. The van der Waals surface area contributed by atoms with Gasteiger partial charge in [0.05, 0.1) is 92.2 Å². The second-order valence-corrected chi connectivity index (χ2v) is 34.9. The molecule has 10 N–H and O–H groups in total. The number of nitrogens with zero attached hydrogens (tertiary/aromatic N) is 14. The van der Waals surface area contributed by atoms with Crippen LogP contribution in [0.3, 0.4) is 0 Å². The minimum Gasteiger partial charge on any atom is -0.473 e. The lowest BCUT2D eigenvalue weighted by Gasteiger charge is -2.35. The molecule has 4 unspecified atom stereocenters. The van der Waals surface area contributed by atoms with Crippen LogP contribution in [0.2, 0.25) is 0 Å².